The zero-order valence-electron chi connectivity index (χ0n) is 10.4. The molecule has 0 aromatic rings. The normalized spacial score (nSPS) is 27.2. The number of piperidine rings is 1. The summed E-state index contributed by atoms with van der Waals surface area (Å²) < 4.78 is 0. The van der Waals surface area contributed by atoms with Gasteiger partial charge in [-0.1, -0.05) is 0 Å². The van der Waals surface area contributed by atoms with Crippen LogP contribution in [0.5, 0.6) is 0 Å². The van der Waals surface area contributed by atoms with Crippen LogP contribution in [0.1, 0.15) is 19.8 Å². The molecule has 1 unspecified atom stereocenters. The Morgan fingerprint density at radius 2 is 2.06 bits per heavy atom. The fourth-order valence-electron chi connectivity index (χ4n) is 2.28. The second-order valence-corrected chi connectivity index (χ2v) is 5.96. The Balaban J connectivity index is 1.81. The monoisotopic (exact) mass is 256 g/mol. The van der Waals surface area contributed by atoms with Crippen molar-refractivity contribution in [3.8, 4) is 0 Å². The Bertz CT molecular complexity index is 299. The van der Waals surface area contributed by atoms with E-state index < -0.39 is 0 Å². The van der Waals surface area contributed by atoms with Crippen molar-refractivity contribution in [2.24, 2.45) is 0 Å². The van der Waals surface area contributed by atoms with Gasteiger partial charge in [0.05, 0.1) is 6.54 Å². The molecular weight excluding hydrogens is 236 g/mol. The molecule has 0 spiro atoms. The largest absolute Gasteiger partial charge is 0.341 e. The molecule has 2 aliphatic heterocycles. The molecule has 0 bridgehead atoms. The van der Waals surface area contributed by atoms with Crippen LogP contribution in [0.4, 0.5) is 0 Å². The minimum Gasteiger partial charge on any atom is -0.341 e. The highest BCUT2D eigenvalue weighted by Gasteiger charge is 2.25. The van der Waals surface area contributed by atoms with Gasteiger partial charge in [0.2, 0.25) is 5.91 Å². The lowest BCUT2D eigenvalue weighted by Crippen LogP contribution is -2.49. The van der Waals surface area contributed by atoms with Gasteiger partial charge in [-0.3, -0.25) is 14.5 Å². The van der Waals surface area contributed by atoms with E-state index in [0.717, 1.165) is 18.1 Å². The van der Waals surface area contributed by atoms with Gasteiger partial charge in [-0.2, -0.15) is 11.8 Å². The predicted molar refractivity (Wildman–Crippen MR) is 69.2 cm³/mol. The first kappa shape index (κ1) is 12.9. The van der Waals surface area contributed by atoms with Crippen molar-refractivity contribution in [1.82, 2.24) is 9.80 Å². The van der Waals surface area contributed by atoms with Gasteiger partial charge in [-0.15, -0.1) is 0 Å². The van der Waals surface area contributed by atoms with Crippen LogP contribution in [-0.2, 0) is 9.59 Å². The number of hydrogen-bond acceptors (Lipinski definition) is 4. The maximum absolute atomic E-state index is 12.1. The van der Waals surface area contributed by atoms with Crippen LogP contribution in [0.25, 0.3) is 0 Å². The standard InChI is InChI=1S/C12H20N2O2S/c1-10-9-17-7-6-14(10)8-12(16)13-4-2-11(15)3-5-13/h10H,2-9H2,1H3. The van der Waals surface area contributed by atoms with Crippen molar-refractivity contribution >= 4 is 23.5 Å². The molecule has 0 aliphatic carbocycles. The third-order valence-electron chi connectivity index (χ3n) is 3.52. The third kappa shape index (κ3) is 3.45. The molecule has 0 aromatic heterocycles. The molecule has 1 atom stereocenters. The third-order valence-corrected chi connectivity index (χ3v) is 4.71. The van der Waals surface area contributed by atoms with Crippen LogP contribution < -0.4 is 0 Å². The Kier molecular flexibility index (Phi) is 4.45. The number of thioether (sulfide) groups is 1. The topological polar surface area (TPSA) is 40.6 Å². The number of likely N-dealkylation sites (tertiary alicyclic amines) is 1. The van der Waals surface area contributed by atoms with Crippen molar-refractivity contribution in [1.29, 1.82) is 0 Å². The lowest BCUT2D eigenvalue weighted by molar-refractivity contribution is -0.135. The van der Waals surface area contributed by atoms with Crippen LogP contribution in [0.2, 0.25) is 0 Å². The van der Waals surface area contributed by atoms with Gasteiger partial charge >= 0.3 is 0 Å². The van der Waals surface area contributed by atoms with E-state index >= 15 is 0 Å². The highest BCUT2D eigenvalue weighted by Crippen LogP contribution is 2.16. The van der Waals surface area contributed by atoms with E-state index in [-0.39, 0.29) is 11.7 Å². The van der Waals surface area contributed by atoms with E-state index in [0.29, 0.717) is 38.5 Å². The van der Waals surface area contributed by atoms with Gasteiger partial charge in [0.1, 0.15) is 5.78 Å². The number of carbonyl (C=O) groups excluding carboxylic acids is 2. The molecule has 0 aromatic carbocycles. The van der Waals surface area contributed by atoms with E-state index in [1.807, 2.05) is 16.7 Å². The first-order valence-electron chi connectivity index (χ1n) is 6.28. The van der Waals surface area contributed by atoms with E-state index in [1.54, 1.807) is 0 Å². The highest BCUT2D eigenvalue weighted by molar-refractivity contribution is 7.99. The molecule has 0 N–H and O–H groups in total. The Hall–Kier alpha value is -0.550. The summed E-state index contributed by atoms with van der Waals surface area (Å²) in [5, 5.41) is 0. The number of amides is 1. The summed E-state index contributed by atoms with van der Waals surface area (Å²) >= 11 is 1.96. The molecule has 0 radical (unpaired) electrons. The SMILES string of the molecule is CC1CSCCN1CC(=O)N1CCC(=O)CC1. The number of Topliss-reactive ketones (excluding diaryl/α,β-unsaturated/α-hetero) is 1. The quantitative estimate of drug-likeness (QED) is 0.726. The lowest BCUT2D eigenvalue weighted by atomic mass is 10.1. The summed E-state index contributed by atoms with van der Waals surface area (Å²) in [5.41, 5.74) is 0. The average Bonchev–Trinajstić information content (AvgIpc) is 2.33. The molecular formula is C12H20N2O2S. The average molecular weight is 256 g/mol. The summed E-state index contributed by atoms with van der Waals surface area (Å²) in [7, 11) is 0. The first-order chi connectivity index (χ1) is 8.16. The molecule has 2 aliphatic rings. The van der Waals surface area contributed by atoms with Gasteiger partial charge in [0, 0.05) is 50.0 Å². The van der Waals surface area contributed by atoms with E-state index in [9.17, 15) is 9.59 Å². The number of nitrogens with zero attached hydrogens (tertiary/aromatic N) is 2. The highest BCUT2D eigenvalue weighted by atomic mass is 32.2. The molecule has 1 amide bonds. The number of carbonyl (C=O) groups is 2. The molecule has 2 fully saturated rings. The van der Waals surface area contributed by atoms with Crippen molar-refractivity contribution in [3.63, 3.8) is 0 Å². The van der Waals surface area contributed by atoms with Crippen LogP contribution in [0.15, 0.2) is 0 Å². The summed E-state index contributed by atoms with van der Waals surface area (Å²) in [4.78, 5) is 27.3. The fourth-order valence-corrected chi connectivity index (χ4v) is 3.36. The minimum atomic E-state index is 0.191. The second-order valence-electron chi connectivity index (χ2n) is 4.81. The zero-order chi connectivity index (χ0) is 12.3. The van der Waals surface area contributed by atoms with E-state index in [1.165, 1.54) is 0 Å². The van der Waals surface area contributed by atoms with Gasteiger partial charge in [-0.25, -0.2) is 0 Å². The van der Waals surface area contributed by atoms with Crippen LogP contribution in [-0.4, -0.2) is 65.2 Å². The summed E-state index contributed by atoms with van der Waals surface area (Å²) in [6, 6.07) is 0.490. The van der Waals surface area contributed by atoms with Crippen molar-refractivity contribution in [3.05, 3.63) is 0 Å². The molecule has 17 heavy (non-hydrogen) atoms. The van der Waals surface area contributed by atoms with Crippen LogP contribution >= 0.6 is 11.8 Å². The molecule has 4 nitrogen and oxygen atoms in total. The number of rotatable bonds is 2. The second kappa shape index (κ2) is 5.87. The van der Waals surface area contributed by atoms with E-state index in [4.69, 9.17) is 0 Å². The van der Waals surface area contributed by atoms with Crippen LogP contribution in [0.3, 0.4) is 0 Å². The molecule has 2 heterocycles. The predicted octanol–water partition coefficient (Wildman–Crippen LogP) is 0.615. The number of hydrogen-bond donors (Lipinski definition) is 0. The summed E-state index contributed by atoms with van der Waals surface area (Å²) in [5.74, 6) is 2.72. The first-order valence-corrected chi connectivity index (χ1v) is 7.43. The maximum Gasteiger partial charge on any atom is 0.236 e. The van der Waals surface area contributed by atoms with Crippen LogP contribution in [0, 0.1) is 0 Å². The van der Waals surface area contributed by atoms with E-state index in [2.05, 4.69) is 11.8 Å². The van der Waals surface area contributed by atoms with Gasteiger partial charge in [0.15, 0.2) is 0 Å². The molecule has 0 saturated carbocycles. The smallest absolute Gasteiger partial charge is 0.236 e. The minimum absolute atomic E-state index is 0.191. The molecule has 5 heteroatoms. The Labute approximate surface area is 107 Å². The maximum atomic E-state index is 12.1. The Morgan fingerprint density at radius 1 is 1.35 bits per heavy atom. The van der Waals surface area contributed by atoms with Gasteiger partial charge in [-0.05, 0) is 6.92 Å². The molecule has 2 rings (SSSR count). The lowest BCUT2D eigenvalue weighted by Gasteiger charge is -2.35. The van der Waals surface area contributed by atoms with Gasteiger partial charge < -0.3 is 4.90 Å². The fraction of sp³-hybridized carbons (Fsp3) is 0.833. The summed E-state index contributed by atoms with van der Waals surface area (Å²) in [6.45, 7) is 4.95. The zero-order valence-corrected chi connectivity index (χ0v) is 11.2. The number of ketones is 1. The van der Waals surface area contributed by atoms with Crippen molar-refractivity contribution in [2.75, 3.05) is 37.7 Å². The Morgan fingerprint density at radius 3 is 2.71 bits per heavy atom. The summed E-state index contributed by atoms with van der Waals surface area (Å²) in [6.07, 6.45) is 1.08. The van der Waals surface area contributed by atoms with Crippen molar-refractivity contribution < 1.29 is 9.59 Å². The van der Waals surface area contributed by atoms with Crippen molar-refractivity contribution in [2.45, 2.75) is 25.8 Å². The van der Waals surface area contributed by atoms with Gasteiger partial charge in [0.25, 0.3) is 0 Å². The molecule has 96 valence electrons. The molecule has 2 saturated heterocycles.